The number of halogens is 1. The number of hydrogen-bond donors (Lipinski definition) is 2. The van der Waals surface area contributed by atoms with Crippen molar-refractivity contribution in [3.63, 3.8) is 0 Å². The summed E-state index contributed by atoms with van der Waals surface area (Å²) in [4.78, 5) is 12.0. The smallest absolute Gasteiger partial charge is 0.268 e. The summed E-state index contributed by atoms with van der Waals surface area (Å²) in [6, 6.07) is 9.70. The molecule has 0 saturated heterocycles. The van der Waals surface area contributed by atoms with Gasteiger partial charge in [-0.15, -0.1) is 0 Å². The van der Waals surface area contributed by atoms with E-state index in [2.05, 4.69) is 21.2 Å². The molecule has 0 aliphatic rings. The van der Waals surface area contributed by atoms with Gasteiger partial charge in [0.25, 0.3) is 5.91 Å². The monoisotopic (exact) mass is 321 g/mol. The Bertz CT molecular complexity index is 575. The lowest BCUT2D eigenvalue weighted by Gasteiger charge is -2.06. The minimum atomic E-state index is -0.0869. The first kappa shape index (κ1) is 13.8. The lowest BCUT2D eigenvalue weighted by molar-refractivity contribution is 0.0943. The molecule has 100 valence electrons. The first-order chi connectivity index (χ1) is 9.10. The third-order valence-corrected chi connectivity index (χ3v) is 3.35. The van der Waals surface area contributed by atoms with Crippen molar-refractivity contribution in [3.8, 4) is 0 Å². The van der Waals surface area contributed by atoms with Gasteiger partial charge in [0, 0.05) is 30.8 Å². The maximum atomic E-state index is 12.0. The topological polar surface area (TPSA) is 60.0 Å². The molecule has 1 amide bonds. The van der Waals surface area contributed by atoms with Crippen LogP contribution in [-0.4, -0.2) is 10.5 Å². The van der Waals surface area contributed by atoms with Crippen LogP contribution in [0.5, 0.6) is 0 Å². The van der Waals surface area contributed by atoms with E-state index in [4.69, 9.17) is 5.73 Å². The van der Waals surface area contributed by atoms with Gasteiger partial charge in [-0.25, -0.2) is 0 Å². The Morgan fingerprint density at radius 3 is 2.47 bits per heavy atom. The molecular weight excluding hydrogens is 306 g/mol. The number of amides is 1. The Morgan fingerprint density at radius 1 is 1.32 bits per heavy atom. The fourth-order valence-corrected chi connectivity index (χ4v) is 2.34. The summed E-state index contributed by atoms with van der Waals surface area (Å²) in [6.07, 6.45) is 1.85. The highest BCUT2D eigenvalue weighted by Gasteiger charge is 2.10. The average molecular weight is 322 g/mol. The Balaban J connectivity index is 1.98. The number of aryl methyl sites for hydroxylation is 1. The van der Waals surface area contributed by atoms with Gasteiger partial charge in [0.05, 0.1) is 0 Å². The Labute approximate surface area is 120 Å². The molecule has 0 spiro atoms. The van der Waals surface area contributed by atoms with Gasteiger partial charge in [0.2, 0.25) is 0 Å². The molecular formula is C14H16BrN3O. The van der Waals surface area contributed by atoms with Gasteiger partial charge in [-0.2, -0.15) is 0 Å². The van der Waals surface area contributed by atoms with E-state index in [9.17, 15) is 4.79 Å². The summed E-state index contributed by atoms with van der Waals surface area (Å²) >= 11 is 3.35. The van der Waals surface area contributed by atoms with E-state index in [1.807, 2.05) is 37.5 Å². The maximum absolute atomic E-state index is 12.0. The van der Waals surface area contributed by atoms with Crippen LogP contribution >= 0.6 is 15.9 Å². The first-order valence-electron chi connectivity index (χ1n) is 5.98. The predicted octanol–water partition coefficient (Wildman–Crippen LogP) is 2.18. The highest BCUT2D eigenvalue weighted by molar-refractivity contribution is 9.10. The van der Waals surface area contributed by atoms with Gasteiger partial charge in [-0.1, -0.05) is 24.3 Å². The average Bonchev–Trinajstić information content (AvgIpc) is 2.75. The van der Waals surface area contributed by atoms with Crippen LogP contribution in [0.3, 0.4) is 0 Å². The molecule has 1 heterocycles. The molecule has 0 fully saturated rings. The SMILES string of the molecule is Cn1cc(Br)cc1C(=O)NCc1ccc(CN)cc1. The number of benzene rings is 1. The molecule has 1 aromatic heterocycles. The van der Waals surface area contributed by atoms with Crippen LogP contribution in [0.1, 0.15) is 21.6 Å². The third-order valence-electron chi connectivity index (χ3n) is 2.92. The van der Waals surface area contributed by atoms with Gasteiger partial charge in [0.1, 0.15) is 5.69 Å². The molecule has 2 aromatic rings. The molecule has 0 saturated carbocycles. The second-order valence-electron chi connectivity index (χ2n) is 4.36. The number of aromatic nitrogens is 1. The number of nitrogens with one attached hydrogen (secondary N) is 1. The quantitative estimate of drug-likeness (QED) is 0.906. The standard InChI is InChI=1S/C14H16BrN3O/c1-18-9-12(15)6-13(18)14(19)17-8-11-4-2-10(7-16)3-5-11/h2-6,9H,7-8,16H2,1H3,(H,17,19). The first-order valence-corrected chi connectivity index (χ1v) is 6.77. The van der Waals surface area contributed by atoms with E-state index in [1.165, 1.54) is 0 Å². The van der Waals surface area contributed by atoms with Crippen LogP contribution in [-0.2, 0) is 20.1 Å². The highest BCUT2D eigenvalue weighted by Crippen LogP contribution is 2.13. The van der Waals surface area contributed by atoms with Crippen molar-refractivity contribution in [2.24, 2.45) is 12.8 Å². The van der Waals surface area contributed by atoms with E-state index in [0.29, 0.717) is 18.8 Å². The molecule has 19 heavy (non-hydrogen) atoms. The van der Waals surface area contributed by atoms with Crippen LogP contribution in [0.25, 0.3) is 0 Å². The molecule has 3 N–H and O–H groups in total. The Kier molecular flexibility index (Phi) is 4.39. The Hall–Kier alpha value is -1.59. The number of carbonyl (C=O) groups is 1. The molecule has 0 aliphatic heterocycles. The summed E-state index contributed by atoms with van der Waals surface area (Å²) < 4.78 is 2.68. The summed E-state index contributed by atoms with van der Waals surface area (Å²) in [7, 11) is 1.84. The van der Waals surface area contributed by atoms with Crippen LogP contribution < -0.4 is 11.1 Å². The van der Waals surface area contributed by atoms with Crippen LogP contribution in [0.15, 0.2) is 41.0 Å². The lowest BCUT2D eigenvalue weighted by atomic mass is 10.1. The van der Waals surface area contributed by atoms with Crippen molar-refractivity contribution in [2.75, 3.05) is 0 Å². The zero-order valence-corrected chi connectivity index (χ0v) is 12.3. The van der Waals surface area contributed by atoms with E-state index in [1.54, 1.807) is 10.6 Å². The highest BCUT2D eigenvalue weighted by atomic mass is 79.9. The molecule has 4 nitrogen and oxygen atoms in total. The minimum absolute atomic E-state index is 0.0869. The fraction of sp³-hybridized carbons (Fsp3) is 0.214. The summed E-state index contributed by atoms with van der Waals surface area (Å²) in [5.41, 5.74) is 8.31. The van der Waals surface area contributed by atoms with E-state index in [0.717, 1.165) is 15.6 Å². The Morgan fingerprint density at radius 2 is 1.95 bits per heavy atom. The van der Waals surface area contributed by atoms with Gasteiger partial charge < -0.3 is 15.6 Å². The number of hydrogen-bond acceptors (Lipinski definition) is 2. The largest absolute Gasteiger partial charge is 0.347 e. The van der Waals surface area contributed by atoms with E-state index >= 15 is 0 Å². The van der Waals surface area contributed by atoms with Gasteiger partial charge >= 0.3 is 0 Å². The zero-order chi connectivity index (χ0) is 13.8. The van der Waals surface area contributed by atoms with Crippen molar-refractivity contribution in [3.05, 3.63) is 57.8 Å². The molecule has 5 heteroatoms. The normalized spacial score (nSPS) is 10.5. The van der Waals surface area contributed by atoms with Gasteiger partial charge in [-0.3, -0.25) is 4.79 Å². The van der Waals surface area contributed by atoms with Crippen LogP contribution in [0, 0.1) is 0 Å². The van der Waals surface area contributed by atoms with Crippen molar-refractivity contribution in [2.45, 2.75) is 13.1 Å². The zero-order valence-electron chi connectivity index (χ0n) is 10.7. The molecule has 0 bridgehead atoms. The second kappa shape index (κ2) is 6.04. The number of rotatable bonds is 4. The lowest BCUT2D eigenvalue weighted by Crippen LogP contribution is -2.24. The molecule has 0 aliphatic carbocycles. The predicted molar refractivity (Wildman–Crippen MR) is 78.6 cm³/mol. The van der Waals surface area contributed by atoms with Crippen molar-refractivity contribution >= 4 is 21.8 Å². The van der Waals surface area contributed by atoms with Crippen molar-refractivity contribution in [1.82, 2.24) is 9.88 Å². The molecule has 2 rings (SSSR count). The maximum Gasteiger partial charge on any atom is 0.268 e. The third kappa shape index (κ3) is 3.45. The van der Waals surface area contributed by atoms with E-state index < -0.39 is 0 Å². The fourth-order valence-electron chi connectivity index (χ4n) is 1.82. The summed E-state index contributed by atoms with van der Waals surface area (Å²) in [5.74, 6) is -0.0869. The summed E-state index contributed by atoms with van der Waals surface area (Å²) in [6.45, 7) is 1.04. The molecule has 0 atom stereocenters. The van der Waals surface area contributed by atoms with Gasteiger partial charge in [0.15, 0.2) is 0 Å². The second-order valence-corrected chi connectivity index (χ2v) is 5.27. The molecule has 0 unspecified atom stereocenters. The molecule has 0 radical (unpaired) electrons. The number of carbonyl (C=O) groups excluding carboxylic acids is 1. The van der Waals surface area contributed by atoms with Gasteiger partial charge in [-0.05, 0) is 33.1 Å². The minimum Gasteiger partial charge on any atom is -0.347 e. The number of nitrogens with zero attached hydrogens (tertiary/aromatic N) is 1. The number of nitrogens with two attached hydrogens (primary N) is 1. The van der Waals surface area contributed by atoms with Crippen molar-refractivity contribution in [1.29, 1.82) is 0 Å². The van der Waals surface area contributed by atoms with Crippen LogP contribution in [0.2, 0.25) is 0 Å². The molecule has 1 aromatic carbocycles. The van der Waals surface area contributed by atoms with Crippen LogP contribution in [0.4, 0.5) is 0 Å². The van der Waals surface area contributed by atoms with Crippen molar-refractivity contribution < 1.29 is 4.79 Å². The van der Waals surface area contributed by atoms with E-state index in [-0.39, 0.29) is 5.91 Å². The summed E-state index contributed by atoms with van der Waals surface area (Å²) in [5, 5.41) is 2.90.